The summed E-state index contributed by atoms with van der Waals surface area (Å²) in [5, 5.41) is 13.7. The summed E-state index contributed by atoms with van der Waals surface area (Å²) in [7, 11) is 0. The molecule has 7 heteroatoms. The monoisotopic (exact) mass is 374 g/mol. The zero-order chi connectivity index (χ0) is 18.4. The highest BCUT2D eigenvalue weighted by Gasteiger charge is 2.22. The van der Waals surface area contributed by atoms with Gasteiger partial charge in [0, 0.05) is 36.9 Å². The quantitative estimate of drug-likeness (QED) is 0.578. The first-order valence-electron chi connectivity index (χ1n) is 9.67. The van der Waals surface area contributed by atoms with Crippen LogP contribution in [0.15, 0.2) is 22.5 Å². The van der Waals surface area contributed by atoms with E-state index >= 15 is 0 Å². The van der Waals surface area contributed by atoms with Crippen molar-refractivity contribution in [2.24, 2.45) is 10.9 Å². The standard InChI is InChI=1S/C19H30N6S/c1-4-17-23-18-9-8-15(13-25(18)24-17)22-19(20-5-2)21-12-14(3)11-16-7-6-10-26-16/h6-7,10,14-15H,4-5,8-9,11-13H2,1-3H3,(H2,20,21,22). The first-order chi connectivity index (χ1) is 12.7. The molecule has 2 N–H and O–H groups in total. The summed E-state index contributed by atoms with van der Waals surface area (Å²) in [4.78, 5) is 10.8. The summed E-state index contributed by atoms with van der Waals surface area (Å²) < 4.78 is 2.06. The minimum Gasteiger partial charge on any atom is -0.357 e. The molecule has 26 heavy (non-hydrogen) atoms. The predicted molar refractivity (Wildman–Crippen MR) is 108 cm³/mol. The first kappa shape index (κ1) is 18.9. The van der Waals surface area contributed by atoms with Crippen LogP contribution in [0.25, 0.3) is 0 Å². The number of hydrogen-bond acceptors (Lipinski definition) is 4. The lowest BCUT2D eigenvalue weighted by Crippen LogP contribution is -2.47. The van der Waals surface area contributed by atoms with Crippen LogP contribution in [0.1, 0.15) is 43.7 Å². The highest BCUT2D eigenvalue weighted by atomic mass is 32.1. The molecule has 0 aliphatic carbocycles. The number of thiophene rings is 1. The Bertz CT molecular complexity index is 706. The molecule has 3 heterocycles. The summed E-state index contributed by atoms with van der Waals surface area (Å²) >= 11 is 1.83. The molecule has 3 rings (SSSR count). The molecule has 0 bridgehead atoms. The van der Waals surface area contributed by atoms with Gasteiger partial charge in [-0.1, -0.05) is 19.9 Å². The van der Waals surface area contributed by atoms with Crippen LogP contribution in [-0.4, -0.2) is 39.9 Å². The summed E-state index contributed by atoms with van der Waals surface area (Å²) in [6, 6.07) is 4.67. The van der Waals surface area contributed by atoms with Crippen LogP contribution >= 0.6 is 11.3 Å². The van der Waals surface area contributed by atoms with E-state index in [0.717, 1.165) is 62.9 Å². The van der Waals surface area contributed by atoms with E-state index in [1.54, 1.807) is 0 Å². The first-order valence-corrected chi connectivity index (χ1v) is 10.6. The second-order valence-corrected chi connectivity index (χ2v) is 8.00. The van der Waals surface area contributed by atoms with Gasteiger partial charge in [-0.15, -0.1) is 11.3 Å². The number of guanidine groups is 1. The van der Waals surface area contributed by atoms with E-state index in [-0.39, 0.29) is 0 Å². The summed E-state index contributed by atoms with van der Waals surface area (Å²) in [5.74, 6) is 3.51. The van der Waals surface area contributed by atoms with E-state index in [1.807, 2.05) is 11.3 Å². The van der Waals surface area contributed by atoms with Crippen molar-refractivity contribution >= 4 is 17.3 Å². The number of aliphatic imine (C=N–C) groups is 1. The minimum atomic E-state index is 0.347. The maximum Gasteiger partial charge on any atom is 0.191 e. The van der Waals surface area contributed by atoms with E-state index in [2.05, 4.69) is 63.7 Å². The van der Waals surface area contributed by atoms with Crippen LogP contribution in [0.4, 0.5) is 0 Å². The van der Waals surface area contributed by atoms with Crippen LogP contribution in [0, 0.1) is 5.92 Å². The Morgan fingerprint density at radius 1 is 1.46 bits per heavy atom. The maximum absolute atomic E-state index is 4.82. The molecule has 142 valence electrons. The molecule has 2 aromatic heterocycles. The third-order valence-corrected chi connectivity index (χ3v) is 5.49. The Balaban J connectivity index is 1.55. The normalized spacial score (nSPS) is 18.4. The summed E-state index contributed by atoms with van der Waals surface area (Å²) in [5.41, 5.74) is 0. The zero-order valence-corrected chi connectivity index (χ0v) is 16.9. The lowest BCUT2D eigenvalue weighted by atomic mass is 10.1. The molecule has 1 aliphatic rings. The Morgan fingerprint density at radius 2 is 2.35 bits per heavy atom. The van der Waals surface area contributed by atoms with Crippen molar-refractivity contribution in [3.63, 3.8) is 0 Å². The molecule has 2 aromatic rings. The second kappa shape index (κ2) is 9.16. The van der Waals surface area contributed by atoms with Gasteiger partial charge in [0.2, 0.25) is 0 Å². The van der Waals surface area contributed by atoms with Crippen molar-refractivity contribution in [3.05, 3.63) is 34.0 Å². The number of nitrogens with zero attached hydrogens (tertiary/aromatic N) is 4. The molecule has 0 saturated carbocycles. The van der Waals surface area contributed by atoms with Crippen LogP contribution in [-0.2, 0) is 25.8 Å². The summed E-state index contributed by atoms with van der Waals surface area (Å²) in [6.45, 7) is 9.03. The lowest BCUT2D eigenvalue weighted by molar-refractivity contribution is 0.391. The van der Waals surface area contributed by atoms with Gasteiger partial charge in [0.25, 0.3) is 0 Å². The molecular weight excluding hydrogens is 344 g/mol. The van der Waals surface area contributed by atoms with Gasteiger partial charge in [-0.25, -0.2) is 9.67 Å². The third kappa shape index (κ3) is 5.06. The lowest BCUT2D eigenvalue weighted by Gasteiger charge is -2.25. The van der Waals surface area contributed by atoms with Gasteiger partial charge >= 0.3 is 0 Å². The molecule has 1 aliphatic heterocycles. The Kier molecular flexibility index (Phi) is 6.66. The highest BCUT2D eigenvalue weighted by Crippen LogP contribution is 2.15. The molecule has 0 aromatic carbocycles. The van der Waals surface area contributed by atoms with Crippen molar-refractivity contribution < 1.29 is 0 Å². The topological polar surface area (TPSA) is 67.1 Å². The Labute approximate surface area is 160 Å². The second-order valence-electron chi connectivity index (χ2n) is 6.97. The zero-order valence-electron chi connectivity index (χ0n) is 16.0. The molecule has 0 amide bonds. The van der Waals surface area contributed by atoms with E-state index in [9.17, 15) is 0 Å². The predicted octanol–water partition coefficient (Wildman–Crippen LogP) is 2.65. The largest absolute Gasteiger partial charge is 0.357 e. The van der Waals surface area contributed by atoms with Crippen LogP contribution in [0.3, 0.4) is 0 Å². The van der Waals surface area contributed by atoms with Gasteiger partial charge in [0.15, 0.2) is 11.8 Å². The van der Waals surface area contributed by atoms with Crippen molar-refractivity contribution in [3.8, 4) is 0 Å². The van der Waals surface area contributed by atoms with Crippen molar-refractivity contribution in [2.75, 3.05) is 13.1 Å². The number of nitrogens with one attached hydrogen (secondary N) is 2. The fraction of sp³-hybridized carbons (Fsp3) is 0.632. The summed E-state index contributed by atoms with van der Waals surface area (Å²) in [6.07, 6.45) is 4.02. The van der Waals surface area contributed by atoms with Crippen molar-refractivity contribution in [2.45, 2.75) is 59.0 Å². The van der Waals surface area contributed by atoms with Crippen LogP contribution in [0.5, 0.6) is 0 Å². The fourth-order valence-electron chi connectivity index (χ4n) is 3.23. The number of hydrogen-bond donors (Lipinski definition) is 2. The Morgan fingerprint density at radius 3 is 3.08 bits per heavy atom. The van der Waals surface area contributed by atoms with Gasteiger partial charge in [0.1, 0.15) is 5.82 Å². The van der Waals surface area contributed by atoms with Gasteiger partial charge in [-0.3, -0.25) is 4.99 Å². The smallest absolute Gasteiger partial charge is 0.191 e. The fourth-order valence-corrected chi connectivity index (χ4v) is 4.10. The molecule has 2 atom stereocenters. The SMILES string of the molecule is CCNC(=NCC(C)Cc1cccs1)NC1CCc2nc(CC)nn2C1. The molecule has 0 radical (unpaired) electrons. The van der Waals surface area contributed by atoms with E-state index in [4.69, 9.17) is 4.99 Å². The number of fused-ring (bicyclic) bond motifs is 1. The average molecular weight is 375 g/mol. The van der Waals surface area contributed by atoms with Gasteiger partial charge in [-0.05, 0) is 37.1 Å². The number of aromatic nitrogens is 3. The molecule has 0 fully saturated rings. The van der Waals surface area contributed by atoms with E-state index in [0.29, 0.717) is 12.0 Å². The van der Waals surface area contributed by atoms with Gasteiger partial charge < -0.3 is 10.6 Å². The molecule has 2 unspecified atom stereocenters. The van der Waals surface area contributed by atoms with Crippen molar-refractivity contribution in [1.82, 2.24) is 25.4 Å². The number of rotatable bonds is 7. The molecule has 6 nitrogen and oxygen atoms in total. The van der Waals surface area contributed by atoms with Crippen LogP contribution in [0.2, 0.25) is 0 Å². The van der Waals surface area contributed by atoms with E-state index in [1.165, 1.54) is 4.88 Å². The van der Waals surface area contributed by atoms with Crippen LogP contribution < -0.4 is 10.6 Å². The Hall–Kier alpha value is -1.89. The van der Waals surface area contributed by atoms with Crippen molar-refractivity contribution in [1.29, 1.82) is 0 Å². The molecular formula is C19H30N6S. The molecule has 0 spiro atoms. The molecule has 0 saturated heterocycles. The average Bonchev–Trinajstić information content (AvgIpc) is 3.28. The van der Waals surface area contributed by atoms with Gasteiger partial charge in [-0.2, -0.15) is 5.10 Å². The van der Waals surface area contributed by atoms with E-state index < -0.39 is 0 Å². The third-order valence-electron chi connectivity index (χ3n) is 4.59. The maximum atomic E-state index is 4.82. The highest BCUT2D eigenvalue weighted by molar-refractivity contribution is 7.09. The number of aryl methyl sites for hydroxylation is 2. The van der Waals surface area contributed by atoms with Gasteiger partial charge in [0.05, 0.1) is 6.54 Å². The minimum absolute atomic E-state index is 0.347.